The summed E-state index contributed by atoms with van der Waals surface area (Å²) in [5, 5.41) is 2.36. The number of nitrogens with zero attached hydrogens (tertiary/aromatic N) is 2. The van der Waals surface area contributed by atoms with Crippen LogP contribution in [0, 0.1) is 6.92 Å². The number of rotatable bonds is 6. The lowest BCUT2D eigenvalue weighted by atomic mass is 10.3. The molecule has 0 unspecified atom stereocenters. The maximum atomic E-state index is 12.4. The molecule has 9 heteroatoms. The summed E-state index contributed by atoms with van der Waals surface area (Å²) in [6.07, 6.45) is 0. The molecule has 1 heterocycles. The molecule has 0 aliphatic carbocycles. The van der Waals surface area contributed by atoms with Crippen molar-refractivity contribution in [3.8, 4) is 5.75 Å². The third-order valence-electron chi connectivity index (χ3n) is 2.87. The summed E-state index contributed by atoms with van der Waals surface area (Å²) < 4.78 is 29.2. The van der Waals surface area contributed by atoms with Crippen LogP contribution in [0.25, 0.3) is 0 Å². The molecule has 0 bridgehead atoms. The molecule has 1 aromatic heterocycles. The van der Waals surface area contributed by atoms with Gasteiger partial charge in [0.25, 0.3) is 0 Å². The highest BCUT2D eigenvalue weighted by Gasteiger charge is 2.19. The van der Waals surface area contributed by atoms with Gasteiger partial charge in [-0.25, -0.2) is 9.97 Å². The maximum absolute atomic E-state index is 12.4. The third-order valence-corrected chi connectivity index (χ3v) is 3.83. The summed E-state index contributed by atoms with van der Waals surface area (Å²) in [7, 11) is 0. The van der Waals surface area contributed by atoms with Crippen LogP contribution in [0.5, 0.6) is 5.75 Å². The van der Waals surface area contributed by atoms with Crippen LogP contribution in [0.15, 0.2) is 35.5 Å². The van der Waals surface area contributed by atoms with E-state index in [1.165, 1.54) is 18.2 Å². The monoisotopic (exact) mass is 354 g/mol. The standard InChI is InChI=1S/C15H16F2N4O2S/c1-8-7-12(18)21-15(19-8)24-9(2)13(22)20-10-5-3-4-6-11(10)23-14(16)17/h3-7,9,14H,1-2H3,(H,20,22)(H2,18,19,21)/t9-/m0/s1. The number of alkyl halides is 2. The molecular formula is C15H16F2N4O2S. The Balaban J connectivity index is 2.06. The Morgan fingerprint density at radius 2 is 2.04 bits per heavy atom. The topological polar surface area (TPSA) is 90.1 Å². The predicted molar refractivity (Wildman–Crippen MR) is 88.2 cm³/mol. The number of carbonyl (C=O) groups excluding carboxylic acids is 1. The normalized spacial score (nSPS) is 12.0. The number of carbonyl (C=O) groups is 1. The molecule has 0 radical (unpaired) electrons. The van der Waals surface area contributed by atoms with E-state index in [0.29, 0.717) is 16.7 Å². The summed E-state index contributed by atoms with van der Waals surface area (Å²) in [6.45, 7) is 0.446. The van der Waals surface area contributed by atoms with Gasteiger partial charge in [-0.3, -0.25) is 4.79 Å². The summed E-state index contributed by atoms with van der Waals surface area (Å²) in [5.74, 6) is -0.184. The summed E-state index contributed by atoms with van der Waals surface area (Å²) in [4.78, 5) is 20.5. The number of aryl methyl sites for hydroxylation is 1. The van der Waals surface area contributed by atoms with Gasteiger partial charge in [0.2, 0.25) is 5.91 Å². The van der Waals surface area contributed by atoms with E-state index in [4.69, 9.17) is 5.73 Å². The largest absolute Gasteiger partial charge is 0.433 e. The van der Waals surface area contributed by atoms with Gasteiger partial charge in [0.1, 0.15) is 11.6 Å². The Bertz CT molecular complexity index is 710. The highest BCUT2D eigenvalue weighted by Crippen LogP contribution is 2.27. The number of halogens is 2. The number of hydrogen-bond donors (Lipinski definition) is 2. The van der Waals surface area contributed by atoms with E-state index in [-0.39, 0.29) is 11.4 Å². The fourth-order valence-corrected chi connectivity index (χ4v) is 2.67. The van der Waals surface area contributed by atoms with Crippen LogP contribution in [-0.2, 0) is 4.79 Å². The Kier molecular flexibility index (Phi) is 5.91. The quantitative estimate of drug-likeness (QED) is 0.612. The number of amides is 1. The number of nitrogens with two attached hydrogens (primary N) is 1. The Labute approximate surface area is 141 Å². The molecule has 1 aromatic carbocycles. The first-order valence-corrected chi connectivity index (χ1v) is 7.85. The molecule has 0 fully saturated rings. The molecule has 1 atom stereocenters. The highest BCUT2D eigenvalue weighted by molar-refractivity contribution is 8.00. The molecule has 0 saturated heterocycles. The second-order valence-corrected chi connectivity index (χ2v) is 6.15. The zero-order valence-corrected chi connectivity index (χ0v) is 13.8. The Morgan fingerprint density at radius 3 is 2.71 bits per heavy atom. The molecule has 0 saturated carbocycles. The number of anilines is 2. The number of para-hydroxylation sites is 2. The van der Waals surface area contributed by atoms with Gasteiger partial charge in [-0.05, 0) is 26.0 Å². The molecule has 0 aliphatic heterocycles. The first-order valence-electron chi connectivity index (χ1n) is 6.97. The van der Waals surface area contributed by atoms with Gasteiger partial charge < -0.3 is 15.8 Å². The van der Waals surface area contributed by atoms with E-state index in [0.717, 1.165) is 11.8 Å². The van der Waals surface area contributed by atoms with Crippen LogP contribution in [0.4, 0.5) is 20.3 Å². The van der Waals surface area contributed by atoms with Crippen molar-refractivity contribution in [2.24, 2.45) is 0 Å². The molecule has 128 valence electrons. The Morgan fingerprint density at radius 1 is 1.33 bits per heavy atom. The zero-order chi connectivity index (χ0) is 17.7. The lowest BCUT2D eigenvalue weighted by Gasteiger charge is -2.14. The lowest BCUT2D eigenvalue weighted by Crippen LogP contribution is -2.23. The molecule has 3 N–H and O–H groups in total. The predicted octanol–water partition coefficient (Wildman–Crippen LogP) is 3.09. The van der Waals surface area contributed by atoms with Crippen LogP contribution in [0.3, 0.4) is 0 Å². The maximum Gasteiger partial charge on any atom is 0.387 e. The van der Waals surface area contributed by atoms with Gasteiger partial charge in [-0.2, -0.15) is 8.78 Å². The van der Waals surface area contributed by atoms with Crippen LogP contribution in [0.2, 0.25) is 0 Å². The van der Waals surface area contributed by atoms with Crippen molar-refractivity contribution in [3.63, 3.8) is 0 Å². The number of thioether (sulfide) groups is 1. The minimum Gasteiger partial charge on any atom is -0.433 e. The first-order chi connectivity index (χ1) is 11.3. The number of nitrogens with one attached hydrogen (secondary N) is 1. The summed E-state index contributed by atoms with van der Waals surface area (Å²) in [5.41, 5.74) is 6.50. The fraction of sp³-hybridized carbons (Fsp3) is 0.267. The molecular weight excluding hydrogens is 338 g/mol. The molecule has 6 nitrogen and oxygen atoms in total. The van der Waals surface area contributed by atoms with E-state index < -0.39 is 17.8 Å². The smallest absolute Gasteiger partial charge is 0.387 e. The van der Waals surface area contributed by atoms with Crippen molar-refractivity contribution in [2.45, 2.75) is 30.9 Å². The van der Waals surface area contributed by atoms with Gasteiger partial charge in [-0.1, -0.05) is 23.9 Å². The molecule has 24 heavy (non-hydrogen) atoms. The van der Waals surface area contributed by atoms with Crippen molar-refractivity contribution >= 4 is 29.2 Å². The van der Waals surface area contributed by atoms with E-state index in [9.17, 15) is 13.6 Å². The van der Waals surface area contributed by atoms with Crippen molar-refractivity contribution in [1.29, 1.82) is 0 Å². The van der Waals surface area contributed by atoms with Crippen LogP contribution >= 0.6 is 11.8 Å². The third kappa shape index (κ3) is 5.05. The SMILES string of the molecule is Cc1cc(N)nc(S[C@@H](C)C(=O)Nc2ccccc2OC(F)F)n1. The Hall–Kier alpha value is -2.42. The van der Waals surface area contributed by atoms with Crippen LogP contribution in [-0.4, -0.2) is 27.7 Å². The number of benzene rings is 1. The number of nitrogen functional groups attached to an aromatic ring is 1. The average Bonchev–Trinajstić information content (AvgIpc) is 2.47. The van der Waals surface area contributed by atoms with E-state index in [1.54, 1.807) is 26.0 Å². The van der Waals surface area contributed by atoms with Crippen molar-refractivity contribution in [1.82, 2.24) is 9.97 Å². The van der Waals surface area contributed by atoms with Gasteiger partial charge in [0, 0.05) is 11.8 Å². The van der Waals surface area contributed by atoms with E-state index in [2.05, 4.69) is 20.0 Å². The number of aromatic nitrogens is 2. The first kappa shape index (κ1) is 17.9. The average molecular weight is 354 g/mol. The van der Waals surface area contributed by atoms with Crippen molar-refractivity contribution in [3.05, 3.63) is 36.0 Å². The molecule has 0 aliphatic rings. The van der Waals surface area contributed by atoms with Gasteiger partial charge in [0.15, 0.2) is 5.16 Å². The van der Waals surface area contributed by atoms with E-state index >= 15 is 0 Å². The second kappa shape index (κ2) is 7.91. The molecule has 1 amide bonds. The van der Waals surface area contributed by atoms with Crippen molar-refractivity contribution in [2.75, 3.05) is 11.1 Å². The fourth-order valence-electron chi connectivity index (χ4n) is 1.83. The highest BCUT2D eigenvalue weighted by atomic mass is 32.2. The lowest BCUT2D eigenvalue weighted by molar-refractivity contribution is -0.115. The minimum atomic E-state index is -2.97. The number of ether oxygens (including phenoxy) is 1. The zero-order valence-electron chi connectivity index (χ0n) is 13.0. The molecule has 0 spiro atoms. The van der Waals surface area contributed by atoms with Crippen LogP contribution in [0.1, 0.15) is 12.6 Å². The second-order valence-electron chi connectivity index (χ2n) is 4.84. The minimum absolute atomic E-state index is 0.103. The molecule has 2 aromatic rings. The summed E-state index contributed by atoms with van der Waals surface area (Å²) in [6, 6.07) is 7.59. The summed E-state index contributed by atoms with van der Waals surface area (Å²) >= 11 is 1.12. The van der Waals surface area contributed by atoms with Crippen LogP contribution < -0.4 is 15.8 Å². The number of hydrogen-bond acceptors (Lipinski definition) is 6. The van der Waals surface area contributed by atoms with Gasteiger partial charge in [-0.15, -0.1) is 0 Å². The van der Waals surface area contributed by atoms with Crippen molar-refractivity contribution < 1.29 is 18.3 Å². The van der Waals surface area contributed by atoms with Gasteiger partial charge >= 0.3 is 6.61 Å². The van der Waals surface area contributed by atoms with Gasteiger partial charge in [0.05, 0.1) is 10.9 Å². The molecule has 2 rings (SSSR count). The van der Waals surface area contributed by atoms with E-state index in [1.807, 2.05) is 0 Å².